The second kappa shape index (κ2) is 12.7. The van der Waals surface area contributed by atoms with Crippen molar-refractivity contribution in [3.05, 3.63) is 82.3 Å². The summed E-state index contributed by atoms with van der Waals surface area (Å²) in [5.74, 6) is -0.933. The molecule has 0 aliphatic rings. The number of amides is 3. The van der Waals surface area contributed by atoms with Gasteiger partial charge in [-0.15, -0.1) is 0 Å². The van der Waals surface area contributed by atoms with Gasteiger partial charge in [0.2, 0.25) is 17.7 Å². The van der Waals surface area contributed by atoms with Crippen LogP contribution in [0.2, 0.25) is 5.02 Å². The molecule has 0 saturated carbocycles. The highest BCUT2D eigenvalue weighted by atomic mass is 35.5. The van der Waals surface area contributed by atoms with Crippen molar-refractivity contribution in [3.63, 3.8) is 0 Å². The van der Waals surface area contributed by atoms with Gasteiger partial charge in [-0.3, -0.25) is 14.4 Å². The predicted octanol–water partition coefficient (Wildman–Crippen LogP) is 5.57. The zero-order valence-corrected chi connectivity index (χ0v) is 22.6. The van der Waals surface area contributed by atoms with E-state index in [2.05, 4.69) is 15.8 Å². The quantitative estimate of drug-likeness (QED) is 0.329. The van der Waals surface area contributed by atoms with E-state index in [-0.39, 0.29) is 25.2 Å². The van der Waals surface area contributed by atoms with Crippen LogP contribution >= 0.6 is 11.6 Å². The number of hydrogen-bond donors (Lipinski definition) is 2. The Labute approximate surface area is 226 Å². The SMILES string of the molecule is CCC(C)(C)NC(=O)[C@H](c1ccccc1Cl)N(Cc1ccc(F)cc1)C(=O)CCC(=O)Nc1cc(C)on1. The number of nitrogens with one attached hydrogen (secondary N) is 2. The van der Waals surface area contributed by atoms with Crippen LogP contribution < -0.4 is 10.6 Å². The van der Waals surface area contributed by atoms with Gasteiger partial charge >= 0.3 is 0 Å². The molecule has 0 spiro atoms. The van der Waals surface area contributed by atoms with Gasteiger partial charge in [0.1, 0.15) is 17.6 Å². The third-order valence-corrected chi connectivity index (χ3v) is 6.50. The van der Waals surface area contributed by atoms with Gasteiger partial charge in [0.15, 0.2) is 5.82 Å². The van der Waals surface area contributed by atoms with Crippen LogP contribution in [0.5, 0.6) is 0 Å². The number of anilines is 1. The van der Waals surface area contributed by atoms with E-state index in [0.717, 1.165) is 0 Å². The molecule has 2 aromatic carbocycles. The van der Waals surface area contributed by atoms with E-state index in [1.165, 1.54) is 17.0 Å². The summed E-state index contributed by atoms with van der Waals surface area (Å²) in [6.07, 6.45) is 0.318. The first-order chi connectivity index (χ1) is 18.0. The minimum Gasteiger partial charge on any atom is -0.360 e. The van der Waals surface area contributed by atoms with Crippen LogP contribution in [0.25, 0.3) is 0 Å². The second-order valence-corrected chi connectivity index (χ2v) is 10.1. The molecule has 202 valence electrons. The molecule has 8 nitrogen and oxygen atoms in total. The Kier molecular flexibility index (Phi) is 9.63. The van der Waals surface area contributed by atoms with Crippen LogP contribution in [0, 0.1) is 12.7 Å². The zero-order chi connectivity index (χ0) is 27.9. The van der Waals surface area contributed by atoms with Gasteiger partial charge in [0, 0.05) is 41.6 Å². The number of carbonyl (C=O) groups is 3. The normalized spacial score (nSPS) is 12.1. The molecule has 10 heteroatoms. The molecule has 3 aromatic rings. The molecule has 0 bridgehead atoms. The maximum atomic E-state index is 13.7. The number of nitrogens with zero attached hydrogens (tertiary/aromatic N) is 2. The highest BCUT2D eigenvalue weighted by Gasteiger charge is 2.35. The van der Waals surface area contributed by atoms with Crippen molar-refractivity contribution < 1.29 is 23.3 Å². The molecule has 38 heavy (non-hydrogen) atoms. The topological polar surface area (TPSA) is 105 Å². The lowest BCUT2D eigenvalue weighted by Gasteiger charge is -2.35. The lowest BCUT2D eigenvalue weighted by atomic mass is 9.98. The standard InChI is InChI=1S/C28H32ClFN4O4/c1-5-28(3,4)32-27(37)26(21-8-6-7-9-22(21)29)34(17-19-10-12-20(30)13-11-19)25(36)15-14-24(35)31-23-16-18(2)38-33-23/h6-13,16,26H,5,14-15,17H2,1-4H3,(H,32,37)(H,31,33,35)/t26-/m0/s1. The summed E-state index contributed by atoms with van der Waals surface area (Å²) in [7, 11) is 0. The predicted molar refractivity (Wildman–Crippen MR) is 143 cm³/mol. The van der Waals surface area contributed by atoms with Gasteiger partial charge in [-0.1, -0.05) is 54.0 Å². The van der Waals surface area contributed by atoms with E-state index >= 15 is 0 Å². The van der Waals surface area contributed by atoms with E-state index in [1.54, 1.807) is 49.4 Å². The van der Waals surface area contributed by atoms with Gasteiger partial charge in [-0.05, 0) is 51.0 Å². The summed E-state index contributed by atoms with van der Waals surface area (Å²) in [4.78, 5) is 41.2. The fraction of sp³-hybridized carbons (Fsp3) is 0.357. The summed E-state index contributed by atoms with van der Waals surface area (Å²) in [6, 6.07) is 13.0. The number of carbonyl (C=O) groups excluding carboxylic acids is 3. The van der Waals surface area contributed by atoms with Gasteiger partial charge < -0.3 is 20.1 Å². The zero-order valence-electron chi connectivity index (χ0n) is 21.9. The number of benzene rings is 2. The van der Waals surface area contributed by atoms with Crippen LogP contribution in [0.15, 0.2) is 59.1 Å². The van der Waals surface area contributed by atoms with E-state index in [4.69, 9.17) is 16.1 Å². The van der Waals surface area contributed by atoms with Crippen molar-refractivity contribution >= 4 is 35.1 Å². The average molecular weight is 543 g/mol. The molecule has 0 radical (unpaired) electrons. The van der Waals surface area contributed by atoms with Crippen molar-refractivity contribution in [2.24, 2.45) is 0 Å². The Morgan fingerprint density at radius 2 is 1.79 bits per heavy atom. The molecular formula is C28H32ClFN4O4. The maximum absolute atomic E-state index is 13.7. The lowest BCUT2D eigenvalue weighted by Crippen LogP contribution is -2.50. The Morgan fingerprint density at radius 3 is 2.39 bits per heavy atom. The van der Waals surface area contributed by atoms with E-state index in [9.17, 15) is 18.8 Å². The second-order valence-electron chi connectivity index (χ2n) is 9.67. The largest absolute Gasteiger partial charge is 0.360 e. The minimum atomic E-state index is -1.09. The molecule has 0 fully saturated rings. The third kappa shape index (κ3) is 7.89. The highest BCUT2D eigenvalue weighted by Crippen LogP contribution is 2.31. The monoisotopic (exact) mass is 542 g/mol. The van der Waals surface area contributed by atoms with E-state index < -0.39 is 35.1 Å². The molecule has 0 unspecified atom stereocenters. The Morgan fingerprint density at radius 1 is 1.11 bits per heavy atom. The summed E-state index contributed by atoms with van der Waals surface area (Å²) in [5.41, 5.74) is 0.509. The molecule has 0 aliphatic heterocycles. The molecule has 1 aromatic heterocycles. The van der Waals surface area contributed by atoms with Crippen molar-refractivity contribution in [3.8, 4) is 0 Å². The molecular weight excluding hydrogens is 511 g/mol. The van der Waals surface area contributed by atoms with Crippen LogP contribution in [0.1, 0.15) is 63.0 Å². The molecule has 0 saturated heterocycles. The van der Waals surface area contributed by atoms with Crippen molar-refractivity contribution in [1.29, 1.82) is 0 Å². The summed E-state index contributed by atoms with van der Waals surface area (Å²) >= 11 is 6.51. The number of aryl methyl sites for hydroxylation is 1. The fourth-order valence-corrected chi connectivity index (χ4v) is 3.98. The minimum absolute atomic E-state index is 0.000916. The van der Waals surface area contributed by atoms with E-state index in [1.807, 2.05) is 20.8 Å². The molecule has 3 amide bonds. The number of halogens is 2. The van der Waals surface area contributed by atoms with Gasteiger partial charge in [0.25, 0.3) is 0 Å². The smallest absolute Gasteiger partial charge is 0.247 e. The summed E-state index contributed by atoms with van der Waals surface area (Å²) < 4.78 is 18.5. The lowest BCUT2D eigenvalue weighted by molar-refractivity contribution is -0.142. The van der Waals surface area contributed by atoms with Gasteiger partial charge in [-0.25, -0.2) is 4.39 Å². The van der Waals surface area contributed by atoms with Gasteiger partial charge in [-0.2, -0.15) is 0 Å². The number of rotatable bonds is 11. The van der Waals surface area contributed by atoms with E-state index in [0.29, 0.717) is 28.3 Å². The molecule has 1 heterocycles. The first-order valence-corrected chi connectivity index (χ1v) is 12.7. The molecule has 2 N–H and O–H groups in total. The van der Waals surface area contributed by atoms with Crippen LogP contribution in [-0.4, -0.2) is 33.3 Å². The summed E-state index contributed by atoms with van der Waals surface area (Å²) in [6.45, 7) is 7.41. The van der Waals surface area contributed by atoms with Gasteiger partial charge in [0.05, 0.1) is 0 Å². The van der Waals surface area contributed by atoms with Crippen molar-refractivity contribution in [1.82, 2.24) is 15.4 Å². The first-order valence-electron chi connectivity index (χ1n) is 12.3. The molecule has 0 aliphatic carbocycles. The average Bonchev–Trinajstić information content (AvgIpc) is 3.28. The van der Waals surface area contributed by atoms with Crippen LogP contribution in [-0.2, 0) is 20.9 Å². The Hall–Kier alpha value is -3.72. The molecule has 1 atom stereocenters. The first kappa shape index (κ1) is 28.8. The van der Waals surface area contributed by atoms with Crippen molar-refractivity contribution in [2.75, 3.05) is 5.32 Å². The molecule has 3 rings (SSSR count). The Bertz CT molecular complexity index is 1280. The third-order valence-electron chi connectivity index (χ3n) is 6.15. The van der Waals surface area contributed by atoms with Crippen LogP contribution in [0.3, 0.4) is 0 Å². The fourth-order valence-electron chi connectivity index (χ4n) is 3.74. The highest BCUT2D eigenvalue weighted by molar-refractivity contribution is 6.31. The Balaban J connectivity index is 1.93. The number of aromatic nitrogens is 1. The number of hydrogen-bond acceptors (Lipinski definition) is 5. The summed E-state index contributed by atoms with van der Waals surface area (Å²) in [5, 5.41) is 9.64. The van der Waals surface area contributed by atoms with Crippen LogP contribution in [0.4, 0.5) is 10.2 Å². The van der Waals surface area contributed by atoms with Crippen molar-refractivity contribution in [2.45, 2.75) is 65.1 Å². The maximum Gasteiger partial charge on any atom is 0.247 e.